The number of hydrogen-bond acceptors (Lipinski definition) is 2. The van der Waals surface area contributed by atoms with Gasteiger partial charge in [-0.3, -0.25) is 0 Å². The fourth-order valence-corrected chi connectivity index (χ4v) is 0.463. The molecule has 0 aliphatic rings. The van der Waals surface area contributed by atoms with Crippen LogP contribution in [0.4, 0.5) is 0 Å². The lowest BCUT2D eigenvalue weighted by atomic mass is 10.3. The van der Waals surface area contributed by atoms with E-state index in [9.17, 15) is 0 Å². The number of hydrogen-bond donors (Lipinski definition) is 1. The molecule has 0 spiro atoms. The minimum absolute atomic E-state index is 0.120. The zero-order valence-electron chi connectivity index (χ0n) is 5.85. The number of ether oxygens (including phenoxy) is 1. The maximum atomic E-state index is 5.35. The minimum Gasteiger partial charge on any atom is -0.361 e. The molecule has 0 saturated carbocycles. The summed E-state index contributed by atoms with van der Waals surface area (Å²) in [6.07, 6.45) is 1.21. The summed E-state index contributed by atoms with van der Waals surface area (Å²) in [4.78, 5) is 0. The van der Waals surface area contributed by atoms with Crippen molar-refractivity contribution in [3.8, 4) is 0 Å². The lowest BCUT2D eigenvalue weighted by molar-refractivity contribution is 0.0105. The van der Waals surface area contributed by atoms with Crippen LogP contribution in [0.3, 0.4) is 0 Å². The predicted molar refractivity (Wildman–Crippen MR) is 34.5 cm³/mol. The standard InChI is InChI=1S/C6H15NO/c1-4-5(2)8-6(3)7/h5-6H,4,7H2,1-3H3. The highest BCUT2D eigenvalue weighted by Crippen LogP contribution is 1.96. The fraction of sp³-hybridized carbons (Fsp3) is 1.00. The largest absolute Gasteiger partial charge is 0.361 e. The lowest BCUT2D eigenvalue weighted by Crippen LogP contribution is -2.24. The molecule has 0 fully saturated rings. The van der Waals surface area contributed by atoms with E-state index < -0.39 is 0 Å². The zero-order valence-corrected chi connectivity index (χ0v) is 5.85. The molecule has 0 aliphatic carbocycles. The second kappa shape index (κ2) is 3.87. The molecule has 2 heteroatoms. The monoisotopic (exact) mass is 117 g/mol. The molecule has 0 aromatic heterocycles. The summed E-state index contributed by atoms with van der Waals surface area (Å²) in [5.74, 6) is 0. The Morgan fingerprint density at radius 3 is 2.12 bits per heavy atom. The molecule has 0 aromatic rings. The summed E-state index contributed by atoms with van der Waals surface area (Å²) in [5, 5.41) is 0. The summed E-state index contributed by atoms with van der Waals surface area (Å²) in [5.41, 5.74) is 5.35. The van der Waals surface area contributed by atoms with Gasteiger partial charge < -0.3 is 10.5 Å². The van der Waals surface area contributed by atoms with E-state index >= 15 is 0 Å². The third kappa shape index (κ3) is 4.09. The molecule has 2 atom stereocenters. The van der Waals surface area contributed by atoms with Crippen LogP contribution in [0.5, 0.6) is 0 Å². The molecule has 0 aliphatic heterocycles. The summed E-state index contributed by atoms with van der Waals surface area (Å²) in [7, 11) is 0. The van der Waals surface area contributed by atoms with E-state index in [2.05, 4.69) is 6.92 Å². The summed E-state index contributed by atoms with van der Waals surface area (Å²) in [6, 6.07) is 0. The molecule has 0 radical (unpaired) electrons. The molecule has 0 amide bonds. The molecule has 50 valence electrons. The quantitative estimate of drug-likeness (QED) is 0.562. The van der Waals surface area contributed by atoms with E-state index in [-0.39, 0.29) is 6.23 Å². The van der Waals surface area contributed by atoms with E-state index in [4.69, 9.17) is 10.5 Å². The highest BCUT2D eigenvalue weighted by molar-refractivity contribution is 4.45. The van der Waals surface area contributed by atoms with Gasteiger partial charge in [0.1, 0.15) is 6.23 Å². The van der Waals surface area contributed by atoms with Crippen molar-refractivity contribution in [1.29, 1.82) is 0 Å². The smallest absolute Gasteiger partial charge is 0.103 e. The molecule has 0 heterocycles. The third-order valence-corrected chi connectivity index (χ3v) is 1.02. The highest BCUT2D eigenvalue weighted by Gasteiger charge is 1.99. The number of rotatable bonds is 3. The van der Waals surface area contributed by atoms with Crippen molar-refractivity contribution in [2.24, 2.45) is 5.73 Å². The molecule has 2 N–H and O–H groups in total. The van der Waals surface area contributed by atoms with Gasteiger partial charge in [0, 0.05) is 0 Å². The topological polar surface area (TPSA) is 35.2 Å². The second-order valence-corrected chi connectivity index (χ2v) is 2.06. The SMILES string of the molecule is CCC(C)OC(C)N. The molecule has 2 unspecified atom stereocenters. The maximum absolute atomic E-state index is 5.35. The van der Waals surface area contributed by atoms with Crippen LogP contribution in [0.2, 0.25) is 0 Å². The van der Waals surface area contributed by atoms with Gasteiger partial charge in [0.15, 0.2) is 0 Å². The van der Waals surface area contributed by atoms with Crippen LogP contribution in [0, 0.1) is 0 Å². The Morgan fingerprint density at radius 2 is 2.00 bits per heavy atom. The van der Waals surface area contributed by atoms with Gasteiger partial charge >= 0.3 is 0 Å². The van der Waals surface area contributed by atoms with Crippen molar-refractivity contribution in [3.63, 3.8) is 0 Å². The molecule has 0 aromatic carbocycles. The van der Waals surface area contributed by atoms with E-state index in [0.717, 1.165) is 6.42 Å². The molecule has 8 heavy (non-hydrogen) atoms. The van der Waals surface area contributed by atoms with Crippen LogP contribution in [-0.2, 0) is 4.74 Å². The summed E-state index contributed by atoms with van der Waals surface area (Å²) >= 11 is 0. The minimum atomic E-state index is -0.120. The molecule has 0 saturated heterocycles. The van der Waals surface area contributed by atoms with Crippen molar-refractivity contribution in [1.82, 2.24) is 0 Å². The first-order chi connectivity index (χ1) is 3.66. The second-order valence-electron chi connectivity index (χ2n) is 2.06. The van der Waals surface area contributed by atoms with Gasteiger partial charge in [0.25, 0.3) is 0 Å². The first kappa shape index (κ1) is 7.92. The summed E-state index contributed by atoms with van der Waals surface area (Å²) in [6.45, 7) is 5.93. The van der Waals surface area contributed by atoms with Gasteiger partial charge in [-0.2, -0.15) is 0 Å². The van der Waals surface area contributed by atoms with E-state index in [1.165, 1.54) is 0 Å². The lowest BCUT2D eigenvalue weighted by Gasteiger charge is -2.12. The van der Waals surface area contributed by atoms with Crippen LogP contribution in [0.25, 0.3) is 0 Å². The van der Waals surface area contributed by atoms with Crippen LogP contribution in [0.1, 0.15) is 27.2 Å². The Balaban J connectivity index is 3.10. The summed E-state index contributed by atoms with van der Waals surface area (Å²) < 4.78 is 5.18. The maximum Gasteiger partial charge on any atom is 0.103 e. The third-order valence-electron chi connectivity index (χ3n) is 1.02. The number of nitrogens with two attached hydrogens (primary N) is 1. The van der Waals surface area contributed by atoms with E-state index in [0.29, 0.717) is 6.10 Å². The average Bonchev–Trinajstić information content (AvgIpc) is 1.65. The van der Waals surface area contributed by atoms with Crippen LogP contribution >= 0.6 is 0 Å². The van der Waals surface area contributed by atoms with Crippen molar-refractivity contribution in [3.05, 3.63) is 0 Å². The first-order valence-corrected chi connectivity index (χ1v) is 3.07. The van der Waals surface area contributed by atoms with E-state index in [1.54, 1.807) is 0 Å². The van der Waals surface area contributed by atoms with Crippen LogP contribution in [0.15, 0.2) is 0 Å². The van der Waals surface area contributed by atoms with E-state index in [1.807, 2.05) is 13.8 Å². The molecule has 2 nitrogen and oxygen atoms in total. The Kier molecular flexibility index (Phi) is 3.83. The Labute approximate surface area is 51.0 Å². The molecule has 0 bridgehead atoms. The zero-order chi connectivity index (χ0) is 6.57. The first-order valence-electron chi connectivity index (χ1n) is 3.07. The van der Waals surface area contributed by atoms with Gasteiger partial charge in [-0.15, -0.1) is 0 Å². The van der Waals surface area contributed by atoms with Gasteiger partial charge in [-0.25, -0.2) is 0 Å². The molecule has 0 rings (SSSR count). The van der Waals surface area contributed by atoms with Crippen LogP contribution in [-0.4, -0.2) is 12.3 Å². The highest BCUT2D eigenvalue weighted by atomic mass is 16.5. The Hall–Kier alpha value is -0.0800. The fourth-order valence-electron chi connectivity index (χ4n) is 0.463. The Bertz CT molecular complexity index is 54.5. The van der Waals surface area contributed by atoms with Gasteiger partial charge in [-0.1, -0.05) is 6.92 Å². The predicted octanol–water partition coefficient (Wildman–Crippen LogP) is 1.11. The normalized spacial score (nSPS) is 18.0. The van der Waals surface area contributed by atoms with Crippen molar-refractivity contribution in [2.75, 3.05) is 0 Å². The average molecular weight is 117 g/mol. The molecular weight excluding hydrogens is 102 g/mol. The Morgan fingerprint density at radius 1 is 1.50 bits per heavy atom. The van der Waals surface area contributed by atoms with Gasteiger partial charge in [0.05, 0.1) is 6.10 Å². The molecular formula is C6H15NO. The van der Waals surface area contributed by atoms with Crippen LogP contribution < -0.4 is 5.73 Å². The van der Waals surface area contributed by atoms with Crippen molar-refractivity contribution >= 4 is 0 Å². The van der Waals surface area contributed by atoms with Crippen molar-refractivity contribution in [2.45, 2.75) is 39.5 Å². The van der Waals surface area contributed by atoms with Crippen molar-refractivity contribution < 1.29 is 4.74 Å². The van der Waals surface area contributed by atoms with Gasteiger partial charge in [-0.05, 0) is 20.3 Å². The van der Waals surface area contributed by atoms with Gasteiger partial charge in [0.2, 0.25) is 0 Å².